The van der Waals surface area contributed by atoms with Gasteiger partial charge in [0.1, 0.15) is 10.9 Å². The smallest absolute Gasteiger partial charge is 0.255 e. The van der Waals surface area contributed by atoms with Crippen LogP contribution in [0.1, 0.15) is 22.3 Å². The molecule has 1 amide bonds. The van der Waals surface area contributed by atoms with Crippen molar-refractivity contribution in [3.63, 3.8) is 0 Å². The molecule has 3 rings (SSSR count). The molecule has 5 nitrogen and oxygen atoms in total. The molecule has 1 aliphatic heterocycles. The number of hydrogen-bond acceptors (Lipinski definition) is 4. The SMILES string of the molecule is COc1ccc(CN2CCCN(C(=O)c3ccc(Cl)nc3)CC2)cc1. The van der Waals surface area contributed by atoms with Crippen LogP contribution in [0.4, 0.5) is 0 Å². The zero-order valence-corrected chi connectivity index (χ0v) is 15.1. The Kier molecular flexibility index (Phi) is 5.89. The second kappa shape index (κ2) is 8.32. The molecule has 1 aromatic heterocycles. The maximum absolute atomic E-state index is 12.6. The van der Waals surface area contributed by atoms with Crippen LogP contribution in [0.2, 0.25) is 5.15 Å². The molecule has 1 saturated heterocycles. The standard InChI is InChI=1S/C19H22ClN3O2/c1-25-17-6-3-15(4-7-17)14-22-9-2-10-23(12-11-22)19(24)16-5-8-18(20)21-13-16/h3-8,13H,2,9-12,14H2,1H3. The van der Waals surface area contributed by atoms with Crippen molar-refractivity contribution in [3.8, 4) is 5.75 Å². The first-order valence-corrected chi connectivity index (χ1v) is 8.79. The predicted molar refractivity (Wildman–Crippen MR) is 98.0 cm³/mol. The second-order valence-corrected chi connectivity index (χ2v) is 6.53. The summed E-state index contributed by atoms with van der Waals surface area (Å²) in [6.07, 6.45) is 2.51. The third-order valence-corrected chi connectivity index (χ3v) is 4.64. The summed E-state index contributed by atoms with van der Waals surface area (Å²) < 4.78 is 5.20. The normalized spacial score (nSPS) is 15.7. The third-order valence-electron chi connectivity index (χ3n) is 4.42. The molecule has 0 unspecified atom stereocenters. The van der Waals surface area contributed by atoms with Crippen LogP contribution in [0.15, 0.2) is 42.6 Å². The number of amides is 1. The van der Waals surface area contributed by atoms with E-state index in [0.29, 0.717) is 10.7 Å². The largest absolute Gasteiger partial charge is 0.497 e. The van der Waals surface area contributed by atoms with Crippen LogP contribution in [-0.2, 0) is 6.54 Å². The van der Waals surface area contributed by atoms with Gasteiger partial charge in [0.05, 0.1) is 12.7 Å². The van der Waals surface area contributed by atoms with Gasteiger partial charge in [-0.1, -0.05) is 23.7 Å². The van der Waals surface area contributed by atoms with Gasteiger partial charge in [0, 0.05) is 38.9 Å². The number of methoxy groups -OCH3 is 1. The molecule has 0 aliphatic carbocycles. The number of benzene rings is 1. The number of carbonyl (C=O) groups excluding carboxylic acids is 1. The lowest BCUT2D eigenvalue weighted by atomic mass is 10.2. The molecule has 6 heteroatoms. The van der Waals surface area contributed by atoms with Crippen molar-refractivity contribution in [1.29, 1.82) is 0 Å². The Bertz CT molecular complexity index is 704. The first-order chi connectivity index (χ1) is 12.2. The topological polar surface area (TPSA) is 45.7 Å². The molecule has 0 saturated carbocycles. The molecule has 25 heavy (non-hydrogen) atoms. The van der Waals surface area contributed by atoms with E-state index in [1.807, 2.05) is 17.0 Å². The average molecular weight is 360 g/mol. The summed E-state index contributed by atoms with van der Waals surface area (Å²) in [4.78, 5) is 20.9. The highest BCUT2D eigenvalue weighted by molar-refractivity contribution is 6.29. The quantitative estimate of drug-likeness (QED) is 0.787. The van der Waals surface area contributed by atoms with Crippen LogP contribution >= 0.6 is 11.6 Å². The molecule has 0 bridgehead atoms. The molecule has 1 aliphatic rings. The molecular weight excluding hydrogens is 338 g/mol. The maximum atomic E-state index is 12.6. The monoisotopic (exact) mass is 359 g/mol. The lowest BCUT2D eigenvalue weighted by molar-refractivity contribution is 0.0760. The Morgan fingerprint density at radius 1 is 1.12 bits per heavy atom. The van der Waals surface area contributed by atoms with Crippen LogP contribution in [-0.4, -0.2) is 54.0 Å². The minimum atomic E-state index is 0.0236. The molecule has 132 valence electrons. The van der Waals surface area contributed by atoms with E-state index in [9.17, 15) is 4.79 Å². The number of aromatic nitrogens is 1. The molecular formula is C19H22ClN3O2. The molecule has 1 aromatic carbocycles. The van der Waals surface area contributed by atoms with Gasteiger partial charge in [0.25, 0.3) is 5.91 Å². The fourth-order valence-electron chi connectivity index (χ4n) is 3.01. The first-order valence-electron chi connectivity index (χ1n) is 8.42. The first kappa shape index (κ1) is 17.7. The van der Waals surface area contributed by atoms with Gasteiger partial charge in [-0.3, -0.25) is 9.69 Å². The number of rotatable bonds is 4. The van der Waals surface area contributed by atoms with E-state index in [1.54, 1.807) is 25.4 Å². The number of nitrogens with zero attached hydrogens (tertiary/aromatic N) is 3. The van der Waals surface area contributed by atoms with E-state index < -0.39 is 0 Å². The fourth-order valence-corrected chi connectivity index (χ4v) is 3.12. The van der Waals surface area contributed by atoms with Gasteiger partial charge in [-0.2, -0.15) is 0 Å². The minimum absolute atomic E-state index is 0.0236. The van der Waals surface area contributed by atoms with E-state index in [0.717, 1.165) is 44.9 Å². The molecule has 0 spiro atoms. The van der Waals surface area contributed by atoms with Gasteiger partial charge >= 0.3 is 0 Å². The van der Waals surface area contributed by atoms with Crippen molar-refractivity contribution in [2.75, 3.05) is 33.3 Å². The maximum Gasteiger partial charge on any atom is 0.255 e. The van der Waals surface area contributed by atoms with E-state index in [-0.39, 0.29) is 5.91 Å². The Labute approximate surface area is 153 Å². The van der Waals surface area contributed by atoms with Crippen LogP contribution in [0.3, 0.4) is 0 Å². The molecule has 0 radical (unpaired) electrons. The predicted octanol–water partition coefficient (Wildman–Crippen LogP) is 3.09. The average Bonchev–Trinajstić information content (AvgIpc) is 2.88. The fraction of sp³-hybridized carbons (Fsp3) is 0.368. The van der Waals surface area contributed by atoms with E-state index in [1.165, 1.54) is 5.56 Å². The van der Waals surface area contributed by atoms with Crippen molar-refractivity contribution in [2.24, 2.45) is 0 Å². The Morgan fingerprint density at radius 2 is 1.92 bits per heavy atom. The second-order valence-electron chi connectivity index (χ2n) is 6.14. The summed E-state index contributed by atoms with van der Waals surface area (Å²) in [5.74, 6) is 0.892. The highest BCUT2D eigenvalue weighted by Crippen LogP contribution is 2.15. The summed E-state index contributed by atoms with van der Waals surface area (Å²) in [6.45, 7) is 4.21. The number of carbonyl (C=O) groups is 1. The number of ether oxygens (including phenoxy) is 1. The van der Waals surface area contributed by atoms with E-state index in [2.05, 4.69) is 22.0 Å². The highest BCUT2D eigenvalue weighted by Gasteiger charge is 2.20. The van der Waals surface area contributed by atoms with Crippen molar-refractivity contribution >= 4 is 17.5 Å². The Morgan fingerprint density at radius 3 is 2.60 bits per heavy atom. The zero-order valence-electron chi connectivity index (χ0n) is 14.3. The molecule has 2 aromatic rings. The van der Waals surface area contributed by atoms with Crippen LogP contribution in [0.5, 0.6) is 5.75 Å². The highest BCUT2D eigenvalue weighted by atomic mass is 35.5. The van der Waals surface area contributed by atoms with Gasteiger partial charge < -0.3 is 9.64 Å². The van der Waals surface area contributed by atoms with Crippen molar-refractivity contribution < 1.29 is 9.53 Å². The number of pyridine rings is 1. The van der Waals surface area contributed by atoms with E-state index >= 15 is 0 Å². The molecule has 1 fully saturated rings. The van der Waals surface area contributed by atoms with Crippen molar-refractivity contribution in [3.05, 3.63) is 58.9 Å². The molecule has 2 heterocycles. The summed E-state index contributed by atoms with van der Waals surface area (Å²) in [5, 5.41) is 0.401. The van der Waals surface area contributed by atoms with Crippen LogP contribution in [0.25, 0.3) is 0 Å². The van der Waals surface area contributed by atoms with Gasteiger partial charge in [0.2, 0.25) is 0 Å². The van der Waals surface area contributed by atoms with Crippen molar-refractivity contribution in [2.45, 2.75) is 13.0 Å². The van der Waals surface area contributed by atoms with Crippen molar-refractivity contribution in [1.82, 2.24) is 14.8 Å². The van der Waals surface area contributed by atoms with Crippen LogP contribution in [0, 0.1) is 0 Å². The third kappa shape index (κ3) is 4.71. The number of hydrogen-bond donors (Lipinski definition) is 0. The van der Waals surface area contributed by atoms with Gasteiger partial charge in [-0.05, 0) is 36.2 Å². The van der Waals surface area contributed by atoms with Gasteiger partial charge in [0.15, 0.2) is 0 Å². The zero-order chi connectivity index (χ0) is 17.6. The van der Waals surface area contributed by atoms with Crippen LogP contribution < -0.4 is 4.74 Å². The molecule has 0 atom stereocenters. The minimum Gasteiger partial charge on any atom is -0.497 e. The lowest BCUT2D eigenvalue weighted by Crippen LogP contribution is -2.35. The Hall–Kier alpha value is -2.11. The summed E-state index contributed by atoms with van der Waals surface area (Å²) in [7, 11) is 1.67. The molecule has 0 N–H and O–H groups in total. The van der Waals surface area contributed by atoms with Gasteiger partial charge in [-0.25, -0.2) is 4.98 Å². The van der Waals surface area contributed by atoms with E-state index in [4.69, 9.17) is 16.3 Å². The lowest BCUT2D eigenvalue weighted by Gasteiger charge is -2.22. The Balaban J connectivity index is 1.57. The summed E-state index contributed by atoms with van der Waals surface area (Å²) >= 11 is 5.79. The summed E-state index contributed by atoms with van der Waals surface area (Å²) in [6, 6.07) is 11.5. The summed E-state index contributed by atoms with van der Waals surface area (Å²) in [5.41, 5.74) is 1.84. The number of halogens is 1. The van der Waals surface area contributed by atoms with Gasteiger partial charge in [-0.15, -0.1) is 0 Å².